The Labute approximate surface area is 225 Å². The molecule has 0 aromatic carbocycles. The maximum Gasteiger partial charge on any atom is 0.354 e. The van der Waals surface area contributed by atoms with Crippen LogP contribution in [0, 0.1) is 0 Å². The normalized spacial score (nSPS) is 16.4. The summed E-state index contributed by atoms with van der Waals surface area (Å²) in [6.45, 7) is 1.68. The molecule has 1 aromatic heterocycles. The Kier molecular flexibility index (Phi) is 10.8. The fraction of sp³-hybridized carbons (Fsp3) is 0.538. The predicted molar refractivity (Wildman–Crippen MR) is 133 cm³/mol. The molecule has 1 aliphatic rings. The fourth-order valence-electron chi connectivity index (χ4n) is 4.58. The summed E-state index contributed by atoms with van der Waals surface area (Å²) in [6.07, 6.45) is -0.553. The summed E-state index contributed by atoms with van der Waals surface area (Å²) in [5, 5.41) is 2.88. The molecule has 2 heterocycles. The molecule has 214 valence electrons. The number of hydrogen-bond donors (Lipinski definition) is 2. The second-order valence-corrected chi connectivity index (χ2v) is 9.01. The van der Waals surface area contributed by atoms with Gasteiger partial charge in [0, 0.05) is 30.5 Å². The first-order chi connectivity index (χ1) is 18.4. The number of carbonyl (C=O) groups is 6. The van der Waals surface area contributed by atoms with Crippen molar-refractivity contribution < 1.29 is 52.5 Å². The monoisotopic (exact) mass is 550 g/mol. The zero-order valence-electron chi connectivity index (χ0n) is 22.9. The number of nitrogens with one attached hydrogen (secondary N) is 2. The van der Waals surface area contributed by atoms with E-state index in [4.69, 9.17) is 18.9 Å². The molecule has 0 saturated carbocycles. The number of carbonyl (C=O) groups excluding carboxylic acids is 6. The molecule has 2 rings (SSSR count). The van der Waals surface area contributed by atoms with Gasteiger partial charge in [-0.3, -0.25) is 24.0 Å². The van der Waals surface area contributed by atoms with Crippen LogP contribution in [0.5, 0.6) is 0 Å². The second-order valence-electron chi connectivity index (χ2n) is 9.01. The predicted octanol–water partition coefficient (Wildman–Crippen LogP) is 0.866. The minimum Gasteiger partial charge on any atom is -0.469 e. The molecular weight excluding hydrogens is 516 g/mol. The minimum absolute atomic E-state index is 0.0152. The van der Waals surface area contributed by atoms with Crippen LogP contribution in [0.3, 0.4) is 0 Å². The topological polar surface area (TPSA) is 176 Å². The van der Waals surface area contributed by atoms with Crippen molar-refractivity contribution in [2.45, 2.75) is 57.4 Å². The van der Waals surface area contributed by atoms with Crippen LogP contribution in [0.25, 0.3) is 0 Å². The Morgan fingerprint density at radius 1 is 0.718 bits per heavy atom. The Morgan fingerprint density at radius 2 is 1.26 bits per heavy atom. The standard InChI is InChI=1S/C26H34N2O11/c1-26(17(12-22(32)38-5)15(24(33)28-26)8-10-20(30)36-3)13-18-16(11-21(31)37-4)14(7-9-19(29)35-2)23(27-18)25(34)39-6/h27H,7-13H2,1-6H3,(H,28,33)/t26-/m0/s1. The van der Waals surface area contributed by atoms with Gasteiger partial charge in [0.15, 0.2) is 0 Å². The Morgan fingerprint density at radius 3 is 1.79 bits per heavy atom. The van der Waals surface area contributed by atoms with Crippen molar-refractivity contribution in [1.29, 1.82) is 0 Å². The molecule has 1 atom stereocenters. The SMILES string of the molecule is COC(=O)CCC1=C(CC(=O)OC)[C@](C)(Cc2[nH]c(C(=O)OC)c(CCC(=O)OC)c2CC(=O)OC)NC1=O. The highest BCUT2D eigenvalue weighted by atomic mass is 16.5. The van der Waals surface area contributed by atoms with Crippen LogP contribution < -0.4 is 5.32 Å². The van der Waals surface area contributed by atoms with Crippen LogP contribution in [0.2, 0.25) is 0 Å². The lowest BCUT2D eigenvalue weighted by Gasteiger charge is -2.28. The number of aromatic nitrogens is 1. The lowest BCUT2D eigenvalue weighted by molar-refractivity contribution is -0.141. The third-order valence-electron chi connectivity index (χ3n) is 6.63. The van der Waals surface area contributed by atoms with Crippen molar-refractivity contribution in [3.8, 4) is 0 Å². The minimum atomic E-state index is -1.17. The molecule has 0 saturated heterocycles. The highest BCUT2D eigenvalue weighted by Gasteiger charge is 2.43. The molecule has 1 amide bonds. The van der Waals surface area contributed by atoms with Crippen LogP contribution in [-0.2, 0) is 66.9 Å². The third kappa shape index (κ3) is 7.45. The summed E-state index contributed by atoms with van der Waals surface area (Å²) >= 11 is 0. The van der Waals surface area contributed by atoms with Crippen molar-refractivity contribution in [1.82, 2.24) is 10.3 Å². The zero-order chi connectivity index (χ0) is 29.3. The van der Waals surface area contributed by atoms with E-state index in [1.807, 2.05) is 0 Å². The second kappa shape index (κ2) is 13.6. The molecule has 1 aromatic rings. The average molecular weight is 551 g/mol. The number of hydrogen-bond acceptors (Lipinski definition) is 11. The summed E-state index contributed by atoms with van der Waals surface area (Å²) in [5.41, 5.74) is 0.658. The number of aromatic amines is 1. The third-order valence-corrected chi connectivity index (χ3v) is 6.63. The van der Waals surface area contributed by atoms with Gasteiger partial charge in [-0.05, 0) is 36.5 Å². The molecular formula is C26H34N2O11. The number of rotatable bonds is 13. The molecule has 0 bridgehead atoms. The Bertz CT molecular complexity index is 1180. The van der Waals surface area contributed by atoms with Gasteiger partial charge in [0.05, 0.1) is 53.9 Å². The van der Waals surface area contributed by atoms with Gasteiger partial charge in [0.25, 0.3) is 0 Å². The molecule has 13 heteroatoms. The van der Waals surface area contributed by atoms with Crippen LogP contribution in [0.15, 0.2) is 11.1 Å². The number of H-pyrrole nitrogens is 1. The van der Waals surface area contributed by atoms with E-state index in [1.165, 1.54) is 35.5 Å². The van der Waals surface area contributed by atoms with E-state index in [0.717, 1.165) is 0 Å². The number of amides is 1. The summed E-state index contributed by atoms with van der Waals surface area (Å²) in [6, 6.07) is 0. The van der Waals surface area contributed by atoms with E-state index in [0.29, 0.717) is 22.4 Å². The first-order valence-electron chi connectivity index (χ1n) is 12.1. The number of methoxy groups -OCH3 is 5. The van der Waals surface area contributed by atoms with Gasteiger partial charge in [-0.2, -0.15) is 0 Å². The van der Waals surface area contributed by atoms with Crippen LogP contribution >= 0.6 is 0 Å². The van der Waals surface area contributed by atoms with E-state index in [1.54, 1.807) is 6.92 Å². The quantitative estimate of drug-likeness (QED) is 0.263. The molecule has 0 unspecified atom stereocenters. The molecule has 0 aliphatic carbocycles. The Hall–Kier alpha value is -4.16. The van der Waals surface area contributed by atoms with E-state index in [-0.39, 0.29) is 56.2 Å². The highest BCUT2D eigenvalue weighted by Crippen LogP contribution is 2.37. The van der Waals surface area contributed by atoms with E-state index in [2.05, 4.69) is 15.0 Å². The lowest BCUT2D eigenvalue weighted by Crippen LogP contribution is -2.44. The van der Waals surface area contributed by atoms with Crippen molar-refractivity contribution in [2.24, 2.45) is 0 Å². The zero-order valence-corrected chi connectivity index (χ0v) is 22.9. The van der Waals surface area contributed by atoms with Crippen molar-refractivity contribution in [3.05, 3.63) is 33.7 Å². The van der Waals surface area contributed by atoms with Gasteiger partial charge in [-0.15, -0.1) is 0 Å². The molecule has 1 aliphatic heterocycles. The van der Waals surface area contributed by atoms with Crippen LogP contribution in [-0.4, -0.2) is 81.8 Å². The van der Waals surface area contributed by atoms with Gasteiger partial charge >= 0.3 is 29.8 Å². The summed E-state index contributed by atoms with van der Waals surface area (Å²) in [4.78, 5) is 77.0. The molecule has 13 nitrogen and oxygen atoms in total. The molecule has 39 heavy (non-hydrogen) atoms. The fourth-order valence-corrected chi connectivity index (χ4v) is 4.58. The van der Waals surface area contributed by atoms with Crippen LogP contribution in [0.4, 0.5) is 0 Å². The van der Waals surface area contributed by atoms with Gasteiger partial charge < -0.3 is 34.0 Å². The van der Waals surface area contributed by atoms with E-state index >= 15 is 0 Å². The van der Waals surface area contributed by atoms with Gasteiger partial charge in [0.1, 0.15) is 5.69 Å². The highest BCUT2D eigenvalue weighted by molar-refractivity contribution is 6.00. The Balaban J connectivity index is 2.65. The molecule has 2 N–H and O–H groups in total. The maximum atomic E-state index is 13.0. The summed E-state index contributed by atoms with van der Waals surface area (Å²) in [5.74, 6) is -3.44. The molecule has 0 fully saturated rings. The van der Waals surface area contributed by atoms with Gasteiger partial charge in [0.2, 0.25) is 5.91 Å². The number of esters is 5. The lowest BCUT2D eigenvalue weighted by atomic mass is 9.83. The van der Waals surface area contributed by atoms with E-state index < -0.39 is 41.3 Å². The van der Waals surface area contributed by atoms with Crippen LogP contribution in [0.1, 0.15) is 59.9 Å². The van der Waals surface area contributed by atoms with Crippen molar-refractivity contribution in [3.63, 3.8) is 0 Å². The number of ether oxygens (including phenoxy) is 5. The summed E-state index contributed by atoms with van der Waals surface area (Å²) in [7, 11) is 6.09. The molecule has 0 radical (unpaired) electrons. The van der Waals surface area contributed by atoms with E-state index in [9.17, 15) is 28.8 Å². The van der Waals surface area contributed by atoms with Gasteiger partial charge in [-0.1, -0.05) is 0 Å². The average Bonchev–Trinajstić information content (AvgIpc) is 3.37. The maximum absolute atomic E-state index is 13.0. The largest absolute Gasteiger partial charge is 0.469 e. The molecule has 0 spiro atoms. The first kappa shape index (κ1) is 31.1. The van der Waals surface area contributed by atoms with Crippen molar-refractivity contribution in [2.75, 3.05) is 35.5 Å². The summed E-state index contributed by atoms with van der Waals surface area (Å²) < 4.78 is 24.0. The van der Waals surface area contributed by atoms with Crippen molar-refractivity contribution >= 4 is 35.8 Å². The first-order valence-corrected chi connectivity index (χ1v) is 12.1. The van der Waals surface area contributed by atoms with Gasteiger partial charge in [-0.25, -0.2) is 4.79 Å². The smallest absolute Gasteiger partial charge is 0.354 e.